The Bertz CT molecular complexity index is 1250. The Kier molecular flexibility index (Phi) is 4.88. The highest BCUT2D eigenvalue weighted by Gasteiger charge is 2.12. The zero-order valence-electron chi connectivity index (χ0n) is 14.7. The van der Waals surface area contributed by atoms with E-state index in [-0.39, 0.29) is 36.8 Å². The Labute approximate surface area is 165 Å². The Morgan fingerprint density at radius 3 is 2.93 bits per heavy atom. The normalized spacial score (nSPS) is 11.2. The van der Waals surface area contributed by atoms with Gasteiger partial charge in [0.2, 0.25) is 5.91 Å². The maximum absolute atomic E-state index is 12.4. The first-order chi connectivity index (χ1) is 13.5. The molecule has 0 fully saturated rings. The van der Waals surface area contributed by atoms with Gasteiger partial charge in [-0.25, -0.2) is 9.78 Å². The lowest BCUT2D eigenvalue weighted by Crippen LogP contribution is -2.35. The zero-order chi connectivity index (χ0) is 19.7. The number of aromatic nitrogens is 6. The van der Waals surface area contributed by atoms with Gasteiger partial charge in [-0.2, -0.15) is 9.36 Å². The van der Waals surface area contributed by atoms with Crippen LogP contribution in [0, 0.1) is 6.92 Å². The summed E-state index contributed by atoms with van der Waals surface area (Å²) in [4.78, 5) is 42.7. The molecule has 0 spiro atoms. The first-order valence-corrected chi connectivity index (χ1v) is 10.0. The minimum absolute atomic E-state index is 0.145. The van der Waals surface area contributed by atoms with Crippen LogP contribution in [0.2, 0.25) is 0 Å². The number of fused-ring (bicyclic) bond motifs is 1. The van der Waals surface area contributed by atoms with Gasteiger partial charge in [-0.15, -0.1) is 22.7 Å². The van der Waals surface area contributed by atoms with Crippen LogP contribution in [0.1, 0.15) is 4.88 Å². The van der Waals surface area contributed by atoms with Gasteiger partial charge in [-0.05, 0) is 40.9 Å². The zero-order valence-corrected chi connectivity index (χ0v) is 16.4. The molecule has 144 valence electrons. The van der Waals surface area contributed by atoms with Gasteiger partial charge in [-0.3, -0.25) is 14.2 Å². The van der Waals surface area contributed by atoms with Gasteiger partial charge < -0.3 is 5.32 Å². The van der Waals surface area contributed by atoms with Crippen molar-refractivity contribution in [2.45, 2.75) is 20.0 Å². The lowest BCUT2D eigenvalue weighted by molar-refractivity contribution is -0.121. The van der Waals surface area contributed by atoms with Crippen LogP contribution in [0.3, 0.4) is 0 Å². The minimum Gasteiger partial charge on any atom is -0.353 e. The Balaban J connectivity index is 1.37. The molecule has 0 aromatic carbocycles. The van der Waals surface area contributed by atoms with Crippen LogP contribution < -0.4 is 16.6 Å². The Morgan fingerprint density at radius 2 is 2.14 bits per heavy atom. The van der Waals surface area contributed by atoms with Crippen molar-refractivity contribution >= 4 is 38.8 Å². The molecule has 0 bridgehead atoms. The van der Waals surface area contributed by atoms with Crippen LogP contribution in [0.15, 0.2) is 39.5 Å². The van der Waals surface area contributed by atoms with E-state index in [0.29, 0.717) is 15.2 Å². The maximum atomic E-state index is 12.4. The van der Waals surface area contributed by atoms with Crippen LogP contribution in [-0.2, 0) is 17.9 Å². The Hall–Kier alpha value is -3.12. The van der Waals surface area contributed by atoms with Crippen molar-refractivity contribution in [3.05, 3.63) is 55.6 Å². The quantitative estimate of drug-likeness (QED) is 0.485. The van der Waals surface area contributed by atoms with E-state index in [1.54, 1.807) is 12.1 Å². The number of rotatable bonds is 6. The second-order valence-electron chi connectivity index (χ2n) is 5.95. The summed E-state index contributed by atoms with van der Waals surface area (Å²) in [5.41, 5.74) is -0.630. The largest absolute Gasteiger partial charge is 0.369 e. The molecule has 0 aliphatic rings. The number of tetrazole rings is 1. The van der Waals surface area contributed by atoms with Crippen LogP contribution in [0.5, 0.6) is 0 Å². The number of thiophene rings is 2. The third kappa shape index (κ3) is 3.51. The number of hydrogen-bond donors (Lipinski definition) is 1. The molecule has 0 radical (unpaired) electrons. The number of amides is 1. The van der Waals surface area contributed by atoms with Gasteiger partial charge in [0.1, 0.15) is 16.4 Å². The third-order valence-electron chi connectivity index (χ3n) is 3.96. The summed E-state index contributed by atoms with van der Waals surface area (Å²) in [6.07, 6.45) is 1.37. The highest BCUT2D eigenvalue weighted by Crippen LogP contribution is 2.19. The van der Waals surface area contributed by atoms with E-state index < -0.39 is 0 Å². The van der Waals surface area contributed by atoms with Crippen molar-refractivity contribution in [1.29, 1.82) is 0 Å². The standard InChI is InChI=1S/C16H15N7O3S2/c1-10-7-11-14(28-10)18-9-21(15(11)25)8-12(24)17-4-5-22-16(26)23(20-19-22)13-3-2-6-27-13/h2-3,6-7,9H,4-5,8H2,1H3,(H,17,24). The molecular formula is C16H15N7O3S2. The van der Waals surface area contributed by atoms with E-state index in [9.17, 15) is 14.4 Å². The van der Waals surface area contributed by atoms with Crippen molar-refractivity contribution in [1.82, 2.24) is 34.7 Å². The molecule has 28 heavy (non-hydrogen) atoms. The highest BCUT2D eigenvalue weighted by molar-refractivity contribution is 7.18. The van der Waals surface area contributed by atoms with Crippen molar-refractivity contribution < 1.29 is 4.79 Å². The highest BCUT2D eigenvalue weighted by atomic mass is 32.1. The molecule has 1 N–H and O–H groups in total. The number of hydrogen-bond acceptors (Lipinski definition) is 8. The van der Waals surface area contributed by atoms with E-state index in [2.05, 4.69) is 20.7 Å². The van der Waals surface area contributed by atoms with Gasteiger partial charge in [0.25, 0.3) is 5.56 Å². The summed E-state index contributed by atoms with van der Waals surface area (Å²) in [5.74, 6) is -0.353. The second-order valence-corrected chi connectivity index (χ2v) is 8.11. The summed E-state index contributed by atoms with van der Waals surface area (Å²) < 4.78 is 3.65. The van der Waals surface area contributed by atoms with Gasteiger partial charge in [-0.1, -0.05) is 0 Å². The summed E-state index contributed by atoms with van der Waals surface area (Å²) in [5, 5.41) is 13.3. The molecule has 0 saturated carbocycles. The van der Waals surface area contributed by atoms with E-state index in [4.69, 9.17) is 0 Å². The van der Waals surface area contributed by atoms with Crippen LogP contribution >= 0.6 is 22.7 Å². The molecule has 12 heteroatoms. The van der Waals surface area contributed by atoms with Crippen LogP contribution in [0.25, 0.3) is 15.2 Å². The maximum Gasteiger partial charge on any atom is 0.369 e. The van der Waals surface area contributed by atoms with Gasteiger partial charge in [0.15, 0.2) is 0 Å². The van der Waals surface area contributed by atoms with Gasteiger partial charge in [0, 0.05) is 11.4 Å². The van der Waals surface area contributed by atoms with E-state index >= 15 is 0 Å². The fourth-order valence-electron chi connectivity index (χ4n) is 2.65. The molecule has 0 atom stereocenters. The summed E-state index contributed by atoms with van der Waals surface area (Å²) >= 11 is 2.81. The first kappa shape index (κ1) is 18.3. The molecule has 0 saturated heterocycles. The second kappa shape index (κ2) is 7.48. The molecule has 4 aromatic heterocycles. The van der Waals surface area contributed by atoms with Gasteiger partial charge >= 0.3 is 5.69 Å². The summed E-state index contributed by atoms with van der Waals surface area (Å²) in [7, 11) is 0. The predicted molar refractivity (Wildman–Crippen MR) is 105 cm³/mol. The number of carbonyl (C=O) groups excluding carboxylic acids is 1. The van der Waals surface area contributed by atoms with Crippen molar-refractivity contribution in [3.63, 3.8) is 0 Å². The molecule has 4 heterocycles. The molecule has 0 aliphatic heterocycles. The smallest absolute Gasteiger partial charge is 0.353 e. The Morgan fingerprint density at radius 1 is 1.29 bits per heavy atom. The average Bonchev–Trinajstić information content (AvgIpc) is 3.38. The van der Waals surface area contributed by atoms with Crippen molar-refractivity contribution in [3.8, 4) is 5.00 Å². The minimum atomic E-state index is -0.379. The van der Waals surface area contributed by atoms with Crippen molar-refractivity contribution in [2.24, 2.45) is 0 Å². The fourth-order valence-corrected chi connectivity index (χ4v) is 4.15. The lowest BCUT2D eigenvalue weighted by Gasteiger charge is -2.06. The molecule has 4 rings (SSSR count). The number of aryl methyl sites for hydroxylation is 1. The third-order valence-corrected chi connectivity index (χ3v) is 5.76. The monoisotopic (exact) mass is 417 g/mol. The van der Waals surface area contributed by atoms with E-state index in [1.165, 1.54) is 42.9 Å². The van der Waals surface area contributed by atoms with Crippen molar-refractivity contribution in [2.75, 3.05) is 6.54 Å². The van der Waals surface area contributed by atoms with E-state index in [1.807, 2.05) is 18.4 Å². The van der Waals surface area contributed by atoms with Crippen LogP contribution in [0.4, 0.5) is 0 Å². The topological polar surface area (TPSA) is 117 Å². The molecule has 4 aromatic rings. The molecule has 0 aliphatic carbocycles. The molecular weight excluding hydrogens is 402 g/mol. The fraction of sp³-hybridized carbons (Fsp3) is 0.250. The number of nitrogens with zero attached hydrogens (tertiary/aromatic N) is 6. The average molecular weight is 417 g/mol. The molecule has 0 unspecified atom stereocenters. The molecule has 10 nitrogen and oxygen atoms in total. The van der Waals surface area contributed by atoms with E-state index in [0.717, 1.165) is 4.88 Å². The lowest BCUT2D eigenvalue weighted by atomic mass is 10.3. The van der Waals surface area contributed by atoms with Gasteiger partial charge in [0.05, 0.1) is 18.3 Å². The SMILES string of the molecule is Cc1cc2c(=O)n(CC(=O)NCCn3nnn(-c4cccs4)c3=O)cnc2s1. The number of carbonyl (C=O) groups is 1. The summed E-state index contributed by atoms with van der Waals surface area (Å²) in [6.45, 7) is 2.11. The number of nitrogens with one attached hydrogen (secondary N) is 1. The molecule has 1 amide bonds. The van der Waals surface area contributed by atoms with Crippen LogP contribution in [-0.4, -0.2) is 41.8 Å². The summed E-state index contributed by atoms with van der Waals surface area (Å²) in [6, 6.07) is 5.36. The first-order valence-electron chi connectivity index (χ1n) is 8.32. The predicted octanol–water partition coefficient (Wildman–Crippen LogP) is 0.387.